The molecule has 5 heteroatoms. The highest BCUT2D eigenvalue weighted by Gasteiger charge is 2.09. The lowest BCUT2D eigenvalue weighted by molar-refractivity contribution is -0.136. The second kappa shape index (κ2) is 4.53. The first kappa shape index (κ1) is 11.1. The fraction of sp³-hybridized carbons (Fsp3) is 0.222. The van der Waals surface area contributed by atoms with Crippen molar-refractivity contribution in [2.75, 3.05) is 5.73 Å². The van der Waals surface area contributed by atoms with Gasteiger partial charge in [-0.15, -0.1) is 0 Å². The zero-order valence-corrected chi connectivity index (χ0v) is 8.77. The monoisotopic (exact) mass is 233 g/mol. The molecule has 0 spiro atoms. The van der Waals surface area contributed by atoms with Gasteiger partial charge in [-0.3, -0.25) is 4.79 Å². The van der Waals surface area contributed by atoms with Gasteiger partial charge in [-0.1, -0.05) is 23.2 Å². The van der Waals surface area contributed by atoms with Gasteiger partial charge in [0.2, 0.25) is 0 Å². The zero-order valence-electron chi connectivity index (χ0n) is 7.26. The maximum atomic E-state index is 10.4. The van der Waals surface area contributed by atoms with Gasteiger partial charge in [-0.2, -0.15) is 0 Å². The molecule has 0 unspecified atom stereocenters. The van der Waals surface area contributed by atoms with Crippen molar-refractivity contribution < 1.29 is 9.90 Å². The maximum Gasteiger partial charge on any atom is 0.303 e. The van der Waals surface area contributed by atoms with E-state index >= 15 is 0 Å². The lowest BCUT2D eigenvalue weighted by Gasteiger charge is -2.07. The first-order valence-electron chi connectivity index (χ1n) is 3.96. The van der Waals surface area contributed by atoms with Crippen LogP contribution in [0.4, 0.5) is 5.69 Å². The van der Waals surface area contributed by atoms with Crippen molar-refractivity contribution in [3.8, 4) is 0 Å². The van der Waals surface area contributed by atoms with E-state index in [9.17, 15) is 4.79 Å². The van der Waals surface area contributed by atoms with Crippen molar-refractivity contribution in [3.05, 3.63) is 27.7 Å². The lowest BCUT2D eigenvalue weighted by atomic mass is 10.1. The molecular weight excluding hydrogens is 225 g/mol. The van der Waals surface area contributed by atoms with Crippen LogP contribution in [0.25, 0.3) is 0 Å². The summed E-state index contributed by atoms with van der Waals surface area (Å²) in [5, 5.41) is 9.36. The number of carboxylic acids is 1. The number of halogens is 2. The molecule has 0 saturated heterocycles. The number of nitrogen functional groups attached to an aromatic ring is 1. The van der Waals surface area contributed by atoms with E-state index in [0.29, 0.717) is 27.7 Å². The molecule has 0 aliphatic rings. The van der Waals surface area contributed by atoms with Crippen LogP contribution in [0, 0.1) is 0 Å². The van der Waals surface area contributed by atoms with Gasteiger partial charge in [0.25, 0.3) is 0 Å². The van der Waals surface area contributed by atoms with Crippen LogP contribution in [-0.2, 0) is 11.2 Å². The molecule has 14 heavy (non-hydrogen) atoms. The summed E-state index contributed by atoms with van der Waals surface area (Å²) in [5.74, 6) is -0.888. The third-order valence-corrected chi connectivity index (χ3v) is 2.52. The molecule has 76 valence electrons. The number of carboxylic acid groups (broad SMARTS) is 1. The van der Waals surface area contributed by atoms with Crippen LogP contribution in [-0.4, -0.2) is 11.1 Å². The standard InChI is InChI=1S/C9H9Cl2NO2/c10-6-2-3-7(11)9(12)5(6)1-4-8(13)14/h2-3H,1,4,12H2,(H,13,14). The van der Waals surface area contributed by atoms with E-state index in [-0.39, 0.29) is 6.42 Å². The van der Waals surface area contributed by atoms with Crippen molar-refractivity contribution >= 4 is 34.9 Å². The molecule has 0 bridgehead atoms. The average molecular weight is 234 g/mol. The first-order valence-corrected chi connectivity index (χ1v) is 4.72. The van der Waals surface area contributed by atoms with Gasteiger partial charge < -0.3 is 10.8 Å². The Kier molecular flexibility index (Phi) is 3.61. The van der Waals surface area contributed by atoms with Gasteiger partial charge >= 0.3 is 5.97 Å². The Bertz CT molecular complexity index is 366. The van der Waals surface area contributed by atoms with Crippen molar-refractivity contribution in [2.45, 2.75) is 12.8 Å². The van der Waals surface area contributed by atoms with Gasteiger partial charge in [0.15, 0.2) is 0 Å². The Balaban J connectivity index is 2.95. The number of benzene rings is 1. The van der Waals surface area contributed by atoms with Crippen LogP contribution < -0.4 is 5.73 Å². The van der Waals surface area contributed by atoms with E-state index in [1.54, 1.807) is 12.1 Å². The zero-order chi connectivity index (χ0) is 10.7. The highest BCUT2D eigenvalue weighted by atomic mass is 35.5. The quantitative estimate of drug-likeness (QED) is 0.790. The molecule has 0 radical (unpaired) electrons. The Hall–Kier alpha value is -0.930. The second-order valence-corrected chi connectivity index (χ2v) is 3.63. The number of hydrogen-bond donors (Lipinski definition) is 2. The molecule has 1 aromatic carbocycles. The average Bonchev–Trinajstić information content (AvgIpc) is 2.11. The van der Waals surface area contributed by atoms with Crippen LogP contribution in [0.5, 0.6) is 0 Å². The molecule has 0 saturated carbocycles. The summed E-state index contributed by atoms with van der Waals surface area (Å²) in [6.45, 7) is 0. The van der Waals surface area contributed by atoms with E-state index in [4.69, 9.17) is 34.0 Å². The topological polar surface area (TPSA) is 63.3 Å². The van der Waals surface area contributed by atoms with Crippen LogP contribution in [0.15, 0.2) is 12.1 Å². The number of anilines is 1. The maximum absolute atomic E-state index is 10.4. The third-order valence-electron chi connectivity index (χ3n) is 1.84. The molecule has 0 fully saturated rings. The first-order chi connectivity index (χ1) is 6.52. The van der Waals surface area contributed by atoms with E-state index in [1.807, 2.05) is 0 Å². The van der Waals surface area contributed by atoms with Gasteiger partial charge in [0.1, 0.15) is 0 Å². The van der Waals surface area contributed by atoms with E-state index in [1.165, 1.54) is 0 Å². The van der Waals surface area contributed by atoms with Crippen molar-refractivity contribution in [3.63, 3.8) is 0 Å². The third kappa shape index (κ3) is 2.53. The number of aliphatic carboxylic acids is 1. The molecule has 0 atom stereocenters. The molecule has 3 nitrogen and oxygen atoms in total. The van der Waals surface area contributed by atoms with Crippen molar-refractivity contribution in [2.24, 2.45) is 0 Å². The summed E-state index contributed by atoms with van der Waals surface area (Å²) in [7, 11) is 0. The minimum atomic E-state index is -0.888. The Morgan fingerprint density at radius 1 is 1.36 bits per heavy atom. The van der Waals surface area contributed by atoms with Gasteiger partial charge in [0.05, 0.1) is 10.7 Å². The van der Waals surface area contributed by atoms with Crippen LogP contribution in [0.3, 0.4) is 0 Å². The summed E-state index contributed by atoms with van der Waals surface area (Å²) in [5.41, 5.74) is 6.62. The number of nitrogens with two attached hydrogens (primary N) is 1. The molecule has 0 amide bonds. The van der Waals surface area contributed by atoms with E-state index < -0.39 is 5.97 Å². The number of hydrogen-bond acceptors (Lipinski definition) is 2. The predicted octanol–water partition coefficient (Wildman–Crippen LogP) is 2.59. The predicted molar refractivity (Wildman–Crippen MR) is 56.8 cm³/mol. The summed E-state index contributed by atoms with van der Waals surface area (Å²) in [6.07, 6.45) is 0.283. The number of rotatable bonds is 3. The SMILES string of the molecule is Nc1c(Cl)ccc(Cl)c1CCC(=O)O. The molecule has 0 aliphatic heterocycles. The lowest BCUT2D eigenvalue weighted by Crippen LogP contribution is -2.01. The second-order valence-electron chi connectivity index (χ2n) is 2.82. The normalized spacial score (nSPS) is 10.1. The van der Waals surface area contributed by atoms with Crippen LogP contribution >= 0.6 is 23.2 Å². The van der Waals surface area contributed by atoms with E-state index in [2.05, 4.69) is 0 Å². The highest BCUT2D eigenvalue weighted by Crippen LogP contribution is 2.30. The van der Waals surface area contributed by atoms with Gasteiger partial charge in [-0.25, -0.2) is 0 Å². The van der Waals surface area contributed by atoms with Crippen LogP contribution in [0.2, 0.25) is 10.0 Å². The van der Waals surface area contributed by atoms with Gasteiger partial charge in [-0.05, 0) is 24.1 Å². The van der Waals surface area contributed by atoms with Crippen molar-refractivity contribution in [1.29, 1.82) is 0 Å². The summed E-state index contributed by atoms with van der Waals surface area (Å²) in [6, 6.07) is 3.20. The summed E-state index contributed by atoms with van der Waals surface area (Å²) >= 11 is 11.6. The Labute approximate surface area is 91.4 Å². The highest BCUT2D eigenvalue weighted by molar-refractivity contribution is 6.35. The minimum Gasteiger partial charge on any atom is -0.481 e. The minimum absolute atomic E-state index is 0.00966. The molecule has 3 N–H and O–H groups in total. The Morgan fingerprint density at radius 3 is 2.50 bits per heavy atom. The molecule has 0 aromatic heterocycles. The molecule has 1 rings (SSSR count). The van der Waals surface area contributed by atoms with Gasteiger partial charge in [0, 0.05) is 11.4 Å². The molecule has 1 aromatic rings. The fourth-order valence-electron chi connectivity index (χ4n) is 1.10. The molecular formula is C9H9Cl2NO2. The largest absolute Gasteiger partial charge is 0.481 e. The Morgan fingerprint density at radius 2 is 1.93 bits per heavy atom. The summed E-state index contributed by atoms with van der Waals surface area (Å²) < 4.78 is 0. The van der Waals surface area contributed by atoms with E-state index in [0.717, 1.165) is 0 Å². The fourth-order valence-corrected chi connectivity index (χ4v) is 1.53. The van der Waals surface area contributed by atoms with Crippen molar-refractivity contribution in [1.82, 2.24) is 0 Å². The molecule has 0 heterocycles. The van der Waals surface area contributed by atoms with Crippen LogP contribution in [0.1, 0.15) is 12.0 Å². The summed E-state index contributed by atoms with van der Waals surface area (Å²) in [4.78, 5) is 10.4. The number of carbonyl (C=O) groups is 1. The smallest absolute Gasteiger partial charge is 0.303 e. The molecule has 0 aliphatic carbocycles.